The Morgan fingerprint density at radius 3 is 2.50 bits per heavy atom. The van der Waals surface area contributed by atoms with Crippen LogP contribution in [0, 0.1) is 12.7 Å². The first kappa shape index (κ1) is 26.3. The molecule has 2 amide bonds. The molecule has 5 aromatic rings. The van der Waals surface area contributed by atoms with E-state index in [2.05, 4.69) is 25.6 Å². The van der Waals surface area contributed by atoms with E-state index in [1.54, 1.807) is 29.0 Å². The molecule has 0 bridgehead atoms. The number of nitrogens with zero attached hydrogens (tertiary/aromatic N) is 3. The molecule has 3 aromatic heterocycles. The first-order valence-corrected chi connectivity index (χ1v) is 11.9. The Hall–Kier alpha value is -4.79. The monoisotopic (exact) mass is 512 g/mol. The Balaban J connectivity index is 0.00000336. The molecule has 0 atom stereocenters. The summed E-state index contributed by atoms with van der Waals surface area (Å²) in [6.45, 7) is 4.54. The minimum atomic E-state index is -0.360. The molecule has 3 heterocycles. The third-order valence-corrected chi connectivity index (χ3v) is 6.02. The lowest BCUT2D eigenvalue weighted by atomic mass is 9.99. The summed E-state index contributed by atoms with van der Waals surface area (Å²) >= 11 is 0. The number of aryl methyl sites for hydroxylation is 1. The van der Waals surface area contributed by atoms with Crippen molar-refractivity contribution in [3.05, 3.63) is 100 Å². The molecule has 0 saturated heterocycles. The topological polar surface area (TPSA) is 105 Å². The summed E-state index contributed by atoms with van der Waals surface area (Å²) in [5.74, 6) is -0.00778. The van der Waals surface area contributed by atoms with E-state index < -0.39 is 0 Å². The van der Waals surface area contributed by atoms with Gasteiger partial charge in [-0.2, -0.15) is 0 Å². The van der Waals surface area contributed by atoms with Crippen molar-refractivity contribution in [3.63, 3.8) is 0 Å². The van der Waals surface area contributed by atoms with Crippen LogP contribution in [0.25, 0.3) is 33.4 Å². The molecular formula is C29H29FN6O2. The molecule has 0 aliphatic heterocycles. The van der Waals surface area contributed by atoms with Crippen molar-refractivity contribution in [1.29, 1.82) is 0 Å². The first-order valence-electron chi connectivity index (χ1n) is 11.9. The van der Waals surface area contributed by atoms with Crippen LogP contribution in [0.2, 0.25) is 0 Å². The van der Waals surface area contributed by atoms with Gasteiger partial charge in [0.25, 0.3) is 5.56 Å². The van der Waals surface area contributed by atoms with Gasteiger partial charge in [0.05, 0.1) is 23.3 Å². The lowest BCUT2D eigenvalue weighted by Crippen LogP contribution is -2.28. The van der Waals surface area contributed by atoms with Crippen LogP contribution in [0.1, 0.15) is 25.6 Å². The molecule has 5 rings (SSSR count). The van der Waals surface area contributed by atoms with Crippen LogP contribution in [-0.2, 0) is 6.54 Å². The maximum Gasteiger partial charge on any atom is 0.321 e. The van der Waals surface area contributed by atoms with Crippen LogP contribution < -0.4 is 16.2 Å². The Bertz CT molecular complexity index is 1640. The highest BCUT2D eigenvalue weighted by Gasteiger charge is 2.16. The SMILES string of the molecule is C.CCNC(=O)Nc1nc2c(-c3ccccn3)cc(-c3cc(C)n(Cc4ccc(F)cc4)c(=O)c3)cc2[nH]1. The highest BCUT2D eigenvalue weighted by atomic mass is 19.1. The van der Waals surface area contributed by atoms with E-state index in [9.17, 15) is 14.0 Å². The normalized spacial score (nSPS) is 10.7. The van der Waals surface area contributed by atoms with Crippen molar-refractivity contribution in [2.75, 3.05) is 11.9 Å². The van der Waals surface area contributed by atoms with Gasteiger partial charge >= 0.3 is 6.03 Å². The summed E-state index contributed by atoms with van der Waals surface area (Å²) < 4.78 is 14.9. The fourth-order valence-electron chi connectivity index (χ4n) is 4.24. The van der Waals surface area contributed by atoms with Crippen LogP contribution in [0.5, 0.6) is 0 Å². The van der Waals surface area contributed by atoms with Crippen molar-refractivity contribution in [1.82, 2.24) is 24.8 Å². The molecule has 0 radical (unpaired) electrons. The standard InChI is InChI=1S/C28H25FN6O2.CH4/c1-3-30-28(37)34-27-32-24-14-20(13-22(26(24)33-27)23-6-4-5-11-31-23)19-12-17(2)35(25(36)15-19)16-18-7-9-21(29)10-8-18;/h4-15H,3,16H2,1-2H3,(H3,30,32,33,34,37);1H4. The number of carbonyl (C=O) groups is 1. The summed E-state index contributed by atoms with van der Waals surface area (Å²) in [6, 6.07) is 18.7. The molecule has 0 saturated carbocycles. The number of H-pyrrole nitrogens is 1. The summed E-state index contributed by atoms with van der Waals surface area (Å²) in [4.78, 5) is 37.4. The number of pyridine rings is 2. The average Bonchev–Trinajstić information content (AvgIpc) is 3.29. The van der Waals surface area contributed by atoms with E-state index in [4.69, 9.17) is 0 Å². The zero-order valence-electron chi connectivity index (χ0n) is 20.4. The maximum absolute atomic E-state index is 13.3. The zero-order valence-corrected chi connectivity index (χ0v) is 20.4. The molecule has 3 N–H and O–H groups in total. The Morgan fingerprint density at radius 2 is 1.82 bits per heavy atom. The minimum Gasteiger partial charge on any atom is -0.338 e. The van der Waals surface area contributed by atoms with Gasteiger partial charge in [0.1, 0.15) is 5.82 Å². The van der Waals surface area contributed by atoms with E-state index in [1.807, 2.05) is 50.2 Å². The van der Waals surface area contributed by atoms with Gasteiger partial charge in [0, 0.05) is 30.1 Å². The number of anilines is 1. The summed E-state index contributed by atoms with van der Waals surface area (Å²) in [5.41, 5.74) is 5.81. The maximum atomic E-state index is 13.3. The number of nitrogens with one attached hydrogen (secondary N) is 3. The molecule has 0 spiro atoms. The number of aromatic amines is 1. The third-order valence-electron chi connectivity index (χ3n) is 6.02. The lowest BCUT2D eigenvalue weighted by molar-refractivity contribution is 0.252. The molecule has 0 aliphatic rings. The minimum absolute atomic E-state index is 0. The second-order valence-electron chi connectivity index (χ2n) is 8.64. The highest BCUT2D eigenvalue weighted by Crippen LogP contribution is 2.33. The Morgan fingerprint density at radius 1 is 1.05 bits per heavy atom. The molecule has 38 heavy (non-hydrogen) atoms. The number of halogens is 1. The number of amides is 2. The third kappa shape index (κ3) is 5.46. The van der Waals surface area contributed by atoms with E-state index >= 15 is 0 Å². The molecule has 2 aromatic carbocycles. The van der Waals surface area contributed by atoms with Gasteiger partial charge in [-0.25, -0.2) is 14.2 Å². The fourth-order valence-corrected chi connectivity index (χ4v) is 4.24. The number of rotatable bonds is 6. The predicted octanol–water partition coefficient (Wildman–Crippen LogP) is 5.73. The van der Waals surface area contributed by atoms with E-state index in [0.717, 1.165) is 27.9 Å². The second-order valence-corrected chi connectivity index (χ2v) is 8.64. The number of carbonyl (C=O) groups excluding carboxylic acids is 1. The first-order chi connectivity index (χ1) is 17.9. The van der Waals surface area contributed by atoms with E-state index in [1.165, 1.54) is 12.1 Å². The number of fused-ring (bicyclic) bond motifs is 1. The lowest BCUT2D eigenvalue weighted by Gasteiger charge is -2.13. The van der Waals surface area contributed by atoms with Crippen LogP contribution >= 0.6 is 0 Å². The molecule has 9 heteroatoms. The van der Waals surface area contributed by atoms with Crippen LogP contribution in [-0.4, -0.2) is 32.1 Å². The number of hydrogen-bond donors (Lipinski definition) is 3. The number of aromatic nitrogens is 4. The molecule has 0 aliphatic carbocycles. The van der Waals surface area contributed by atoms with Crippen molar-refractivity contribution >= 4 is 23.0 Å². The van der Waals surface area contributed by atoms with Gasteiger partial charge < -0.3 is 14.9 Å². The molecular weight excluding hydrogens is 483 g/mol. The van der Waals surface area contributed by atoms with E-state index in [0.29, 0.717) is 35.8 Å². The summed E-state index contributed by atoms with van der Waals surface area (Å²) in [5, 5.41) is 5.39. The van der Waals surface area contributed by atoms with Crippen molar-refractivity contribution in [2.45, 2.75) is 27.8 Å². The fraction of sp³-hybridized carbons (Fsp3) is 0.172. The number of urea groups is 1. The van der Waals surface area contributed by atoms with Gasteiger partial charge in [-0.15, -0.1) is 0 Å². The quantitative estimate of drug-likeness (QED) is 0.270. The smallest absolute Gasteiger partial charge is 0.321 e. The van der Waals surface area contributed by atoms with Crippen molar-refractivity contribution in [2.24, 2.45) is 0 Å². The molecule has 0 fully saturated rings. The van der Waals surface area contributed by atoms with Crippen molar-refractivity contribution < 1.29 is 9.18 Å². The number of imidazole rings is 1. The Kier molecular flexibility index (Phi) is 7.66. The second kappa shape index (κ2) is 11.1. The highest BCUT2D eigenvalue weighted by molar-refractivity contribution is 5.98. The molecule has 8 nitrogen and oxygen atoms in total. The molecule has 0 unspecified atom stereocenters. The number of benzene rings is 2. The van der Waals surface area contributed by atoms with Gasteiger partial charge in [-0.05, 0) is 73.0 Å². The predicted molar refractivity (Wildman–Crippen MR) is 149 cm³/mol. The summed E-state index contributed by atoms with van der Waals surface area (Å²) in [6.07, 6.45) is 1.70. The van der Waals surface area contributed by atoms with Crippen molar-refractivity contribution in [3.8, 4) is 22.4 Å². The van der Waals surface area contributed by atoms with Crippen LogP contribution in [0.15, 0.2) is 77.7 Å². The molecule has 194 valence electrons. The Labute approximate surface area is 219 Å². The zero-order chi connectivity index (χ0) is 25.9. The largest absolute Gasteiger partial charge is 0.338 e. The van der Waals surface area contributed by atoms with Gasteiger partial charge in [-0.3, -0.25) is 15.1 Å². The number of hydrogen-bond acceptors (Lipinski definition) is 4. The van der Waals surface area contributed by atoms with E-state index in [-0.39, 0.29) is 24.8 Å². The van der Waals surface area contributed by atoms with Gasteiger partial charge in [-0.1, -0.05) is 25.6 Å². The average molecular weight is 513 g/mol. The van der Waals surface area contributed by atoms with Gasteiger partial charge in [0.2, 0.25) is 5.95 Å². The van der Waals surface area contributed by atoms with Crippen LogP contribution in [0.4, 0.5) is 15.1 Å². The van der Waals surface area contributed by atoms with Crippen LogP contribution in [0.3, 0.4) is 0 Å². The summed E-state index contributed by atoms with van der Waals surface area (Å²) in [7, 11) is 0. The van der Waals surface area contributed by atoms with Gasteiger partial charge in [0.15, 0.2) is 0 Å².